The van der Waals surface area contributed by atoms with E-state index in [1.165, 1.54) is 0 Å². The molecule has 0 saturated heterocycles. The number of likely N-dealkylation sites (N-methyl/N-ethyl adjacent to an activating group) is 1. The van der Waals surface area contributed by atoms with Gasteiger partial charge in [0.15, 0.2) is 5.22 Å². The smallest absolute Gasteiger partial charge is 0.193 e. The summed E-state index contributed by atoms with van der Waals surface area (Å²) in [5, 5.41) is 8.02. The molecule has 0 bridgehead atoms. The zero-order valence-electron chi connectivity index (χ0n) is 10.5. The molecule has 0 spiro atoms. The van der Waals surface area contributed by atoms with Gasteiger partial charge in [0.05, 0.1) is 21.9 Å². The van der Waals surface area contributed by atoms with E-state index >= 15 is 0 Å². The quantitative estimate of drug-likeness (QED) is 0.934. The maximum Gasteiger partial charge on any atom is 0.193 e. The zero-order valence-corrected chi connectivity index (χ0v) is 12.8. The van der Waals surface area contributed by atoms with E-state index in [9.17, 15) is 0 Å². The van der Waals surface area contributed by atoms with Crippen molar-refractivity contribution in [1.82, 2.24) is 15.1 Å². The molecule has 2 aromatic rings. The Morgan fingerprint density at radius 1 is 1.56 bits per heavy atom. The van der Waals surface area contributed by atoms with Crippen molar-refractivity contribution < 1.29 is 4.42 Å². The molecule has 0 aliphatic carbocycles. The molecule has 0 radical (unpaired) electrons. The summed E-state index contributed by atoms with van der Waals surface area (Å²) in [6, 6.07) is 3.72. The Morgan fingerprint density at radius 2 is 2.28 bits per heavy atom. The average molecular weight is 333 g/mol. The second kappa shape index (κ2) is 5.47. The van der Waals surface area contributed by atoms with Gasteiger partial charge in [-0.15, -0.1) is 0 Å². The Morgan fingerprint density at radius 3 is 2.72 bits per heavy atom. The Hall–Kier alpha value is -0.780. The van der Waals surface area contributed by atoms with Crippen LogP contribution in [-0.4, -0.2) is 16.8 Å². The Bertz CT molecular complexity index is 550. The molecule has 0 fully saturated rings. The molecule has 1 atom stereocenters. The molecule has 18 heavy (non-hydrogen) atoms. The third-order valence-electron chi connectivity index (χ3n) is 2.95. The summed E-state index contributed by atoms with van der Waals surface area (Å²) in [6.45, 7) is 1.98. The molecule has 2 rings (SSSR count). The molecule has 98 valence electrons. The summed E-state index contributed by atoms with van der Waals surface area (Å²) < 4.78 is 8.38. The number of rotatable bonds is 4. The minimum absolute atomic E-state index is 0.0728. The van der Waals surface area contributed by atoms with Gasteiger partial charge in [-0.3, -0.25) is 4.68 Å². The molecule has 2 aromatic heterocycles. The van der Waals surface area contributed by atoms with Crippen molar-refractivity contribution in [3.8, 4) is 0 Å². The number of furan rings is 1. The first kappa shape index (κ1) is 13.6. The molecule has 0 aliphatic heterocycles. The second-order valence-corrected chi connectivity index (χ2v) is 5.32. The molecular weight excluding hydrogens is 318 g/mol. The van der Waals surface area contributed by atoms with Gasteiger partial charge in [-0.05, 0) is 53.6 Å². The van der Waals surface area contributed by atoms with Gasteiger partial charge in [0.25, 0.3) is 0 Å². The van der Waals surface area contributed by atoms with Gasteiger partial charge in [-0.2, -0.15) is 5.10 Å². The summed E-state index contributed by atoms with van der Waals surface area (Å²) in [5.41, 5.74) is 2.11. The number of aryl methyl sites for hydroxylation is 2. The highest BCUT2D eigenvalue weighted by molar-refractivity contribution is 9.10. The van der Waals surface area contributed by atoms with E-state index < -0.39 is 0 Å². The van der Waals surface area contributed by atoms with Crippen LogP contribution in [0.2, 0.25) is 5.22 Å². The van der Waals surface area contributed by atoms with Crippen LogP contribution in [0.1, 0.15) is 23.2 Å². The molecule has 0 amide bonds. The lowest BCUT2D eigenvalue weighted by molar-refractivity contribution is 0.424. The molecule has 6 heteroatoms. The molecule has 1 unspecified atom stereocenters. The summed E-state index contributed by atoms with van der Waals surface area (Å²) in [6.07, 6.45) is 0.776. The van der Waals surface area contributed by atoms with Crippen molar-refractivity contribution in [2.75, 3.05) is 7.05 Å². The van der Waals surface area contributed by atoms with E-state index in [1.54, 1.807) is 6.07 Å². The highest BCUT2D eigenvalue weighted by Gasteiger charge is 2.19. The van der Waals surface area contributed by atoms with Crippen LogP contribution < -0.4 is 5.32 Å². The van der Waals surface area contributed by atoms with Gasteiger partial charge in [0.2, 0.25) is 0 Å². The predicted octanol–water partition coefficient (Wildman–Crippen LogP) is 3.24. The largest absolute Gasteiger partial charge is 0.448 e. The number of nitrogens with zero attached hydrogens (tertiary/aromatic N) is 2. The fourth-order valence-electron chi connectivity index (χ4n) is 1.96. The molecular formula is C12H15BrClN3O. The molecule has 0 aromatic carbocycles. The van der Waals surface area contributed by atoms with E-state index in [4.69, 9.17) is 16.0 Å². The molecule has 0 aliphatic rings. The van der Waals surface area contributed by atoms with Gasteiger partial charge >= 0.3 is 0 Å². The minimum Gasteiger partial charge on any atom is -0.448 e. The molecule has 4 nitrogen and oxygen atoms in total. The maximum absolute atomic E-state index is 5.81. The molecule has 2 heterocycles. The normalized spacial score (nSPS) is 12.9. The van der Waals surface area contributed by atoms with E-state index in [0.29, 0.717) is 5.22 Å². The van der Waals surface area contributed by atoms with Crippen LogP contribution in [0.5, 0.6) is 0 Å². The Balaban J connectivity index is 2.25. The Labute approximate surface area is 119 Å². The number of hydrogen-bond donors (Lipinski definition) is 1. The van der Waals surface area contributed by atoms with Gasteiger partial charge in [0, 0.05) is 13.5 Å². The van der Waals surface area contributed by atoms with Crippen molar-refractivity contribution in [3.63, 3.8) is 0 Å². The van der Waals surface area contributed by atoms with Gasteiger partial charge in [0.1, 0.15) is 5.76 Å². The summed E-state index contributed by atoms with van der Waals surface area (Å²) >= 11 is 9.38. The van der Waals surface area contributed by atoms with Crippen LogP contribution in [0.3, 0.4) is 0 Å². The third-order valence-corrected chi connectivity index (χ3v) is 4.18. The monoisotopic (exact) mass is 331 g/mol. The number of halogens is 2. The van der Waals surface area contributed by atoms with Gasteiger partial charge in [-0.1, -0.05) is 0 Å². The SMILES string of the molecule is CNC(Cc1c(Br)c(C)nn1C)c1ccc(Cl)o1. The lowest BCUT2D eigenvalue weighted by atomic mass is 10.1. The van der Waals surface area contributed by atoms with E-state index in [0.717, 1.165) is 28.0 Å². The standard InChI is InChI=1S/C12H15BrClN3O/c1-7-12(13)9(17(3)16-7)6-8(15-2)10-4-5-11(14)18-10/h4-5,8,15H,6H2,1-3H3. The average Bonchev–Trinajstić information content (AvgIpc) is 2.84. The molecule has 0 saturated carbocycles. The van der Waals surface area contributed by atoms with Crippen LogP contribution in [0, 0.1) is 6.92 Å². The van der Waals surface area contributed by atoms with E-state index in [2.05, 4.69) is 26.3 Å². The van der Waals surface area contributed by atoms with Crippen LogP contribution >= 0.6 is 27.5 Å². The predicted molar refractivity (Wildman–Crippen MR) is 74.9 cm³/mol. The second-order valence-electron chi connectivity index (χ2n) is 4.16. The number of hydrogen-bond acceptors (Lipinski definition) is 3. The molecule has 1 N–H and O–H groups in total. The van der Waals surface area contributed by atoms with Crippen molar-refractivity contribution in [3.05, 3.63) is 39.0 Å². The first-order chi connectivity index (χ1) is 8.52. The highest BCUT2D eigenvalue weighted by Crippen LogP contribution is 2.27. The van der Waals surface area contributed by atoms with Crippen molar-refractivity contribution in [2.24, 2.45) is 7.05 Å². The zero-order chi connectivity index (χ0) is 13.3. The summed E-state index contributed by atoms with van der Waals surface area (Å²) in [4.78, 5) is 0. The van der Waals surface area contributed by atoms with Gasteiger partial charge < -0.3 is 9.73 Å². The first-order valence-electron chi connectivity index (χ1n) is 5.63. The van der Waals surface area contributed by atoms with Gasteiger partial charge in [-0.25, -0.2) is 0 Å². The summed E-state index contributed by atoms with van der Waals surface area (Å²) in [5.74, 6) is 0.827. The fourth-order valence-corrected chi connectivity index (χ4v) is 2.61. The first-order valence-corrected chi connectivity index (χ1v) is 6.80. The van der Waals surface area contributed by atoms with E-state index in [1.807, 2.05) is 31.8 Å². The topological polar surface area (TPSA) is 43.0 Å². The summed E-state index contributed by atoms with van der Waals surface area (Å²) in [7, 11) is 3.84. The van der Waals surface area contributed by atoms with E-state index in [-0.39, 0.29) is 6.04 Å². The van der Waals surface area contributed by atoms with Crippen LogP contribution in [0.15, 0.2) is 21.0 Å². The lowest BCUT2D eigenvalue weighted by Gasteiger charge is -2.14. The van der Waals surface area contributed by atoms with Crippen molar-refractivity contribution >= 4 is 27.5 Å². The maximum atomic E-state index is 5.81. The fraction of sp³-hybridized carbons (Fsp3) is 0.417. The van der Waals surface area contributed by atoms with Crippen LogP contribution in [0.4, 0.5) is 0 Å². The third kappa shape index (κ3) is 2.63. The minimum atomic E-state index is 0.0728. The Kier molecular flexibility index (Phi) is 4.14. The van der Waals surface area contributed by atoms with Crippen LogP contribution in [-0.2, 0) is 13.5 Å². The number of aromatic nitrogens is 2. The number of nitrogens with one attached hydrogen (secondary N) is 1. The lowest BCUT2D eigenvalue weighted by Crippen LogP contribution is -2.19. The van der Waals surface area contributed by atoms with Crippen molar-refractivity contribution in [1.29, 1.82) is 0 Å². The van der Waals surface area contributed by atoms with Crippen molar-refractivity contribution in [2.45, 2.75) is 19.4 Å². The highest BCUT2D eigenvalue weighted by atomic mass is 79.9. The van der Waals surface area contributed by atoms with Crippen LogP contribution in [0.25, 0.3) is 0 Å².